The molecule has 1 amide bonds. The fourth-order valence-corrected chi connectivity index (χ4v) is 3.44. The molecule has 0 aliphatic heterocycles. The summed E-state index contributed by atoms with van der Waals surface area (Å²) in [6, 6.07) is 12.2. The third-order valence-electron chi connectivity index (χ3n) is 3.80. The van der Waals surface area contributed by atoms with Gasteiger partial charge in [-0.3, -0.25) is 4.79 Å². The Labute approximate surface area is 155 Å². The summed E-state index contributed by atoms with van der Waals surface area (Å²) in [5.41, 5.74) is 1.82. The minimum atomic E-state index is -4.52. The first-order valence-electron chi connectivity index (χ1n) is 7.96. The summed E-state index contributed by atoms with van der Waals surface area (Å²) >= 11 is 0. The van der Waals surface area contributed by atoms with Crippen LogP contribution >= 0.6 is 0 Å². The highest BCUT2D eigenvalue weighted by Gasteiger charge is 2.28. The van der Waals surface area contributed by atoms with Gasteiger partial charge in [0.2, 0.25) is 10.0 Å². The zero-order valence-electron chi connectivity index (χ0n) is 14.7. The molecule has 0 saturated carbocycles. The average molecular weight is 400 g/mol. The van der Waals surface area contributed by atoms with Gasteiger partial charge >= 0.3 is 6.18 Å². The Balaban J connectivity index is 2.09. The first-order valence-corrected chi connectivity index (χ1v) is 9.40. The maximum absolute atomic E-state index is 12.6. The van der Waals surface area contributed by atoms with E-state index in [9.17, 15) is 26.4 Å². The van der Waals surface area contributed by atoms with Crippen LogP contribution in [0.3, 0.4) is 0 Å². The van der Waals surface area contributed by atoms with Crippen LogP contribution in [-0.2, 0) is 16.6 Å². The second kappa shape index (κ2) is 8.10. The minimum Gasteiger partial charge on any atom is -0.343 e. The third-order valence-corrected chi connectivity index (χ3v) is 5.62. The number of sulfonamides is 1. The van der Waals surface area contributed by atoms with Crippen LogP contribution in [0.15, 0.2) is 53.4 Å². The van der Waals surface area contributed by atoms with Crippen molar-refractivity contribution in [3.05, 3.63) is 65.2 Å². The van der Waals surface area contributed by atoms with Crippen LogP contribution in [0.4, 0.5) is 13.2 Å². The summed E-state index contributed by atoms with van der Waals surface area (Å²) in [5, 5.41) is 1.73. The van der Waals surface area contributed by atoms with E-state index in [1.807, 2.05) is 31.2 Å². The second-order valence-electron chi connectivity index (χ2n) is 6.07. The maximum Gasteiger partial charge on any atom is 0.405 e. The zero-order valence-corrected chi connectivity index (χ0v) is 15.6. The van der Waals surface area contributed by atoms with E-state index in [4.69, 9.17) is 0 Å². The maximum atomic E-state index is 12.6. The summed E-state index contributed by atoms with van der Waals surface area (Å²) in [7, 11) is -2.37. The molecule has 0 aliphatic carbocycles. The lowest BCUT2D eigenvalue weighted by Gasteiger charge is -2.17. The molecule has 5 nitrogen and oxygen atoms in total. The average Bonchev–Trinajstić information content (AvgIpc) is 2.61. The summed E-state index contributed by atoms with van der Waals surface area (Å²) in [6.45, 7) is 0.637. The normalized spacial score (nSPS) is 12.2. The van der Waals surface area contributed by atoms with Gasteiger partial charge in [-0.15, -0.1) is 0 Å². The number of nitrogens with zero attached hydrogens (tertiary/aromatic N) is 1. The predicted molar refractivity (Wildman–Crippen MR) is 94.7 cm³/mol. The topological polar surface area (TPSA) is 66.5 Å². The van der Waals surface area contributed by atoms with E-state index in [-0.39, 0.29) is 17.0 Å². The van der Waals surface area contributed by atoms with Crippen LogP contribution in [0, 0.1) is 6.92 Å². The summed E-state index contributed by atoms with van der Waals surface area (Å²) in [5.74, 6) is -0.927. The van der Waals surface area contributed by atoms with E-state index in [0.29, 0.717) is 0 Å². The smallest absolute Gasteiger partial charge is 0.343 e. The van der Waals surface area contributed by atoms with Crippen LogP contribution in [-0.4, -0.2) is 38.4 Å². The standard InChI is InChI=1S/C18H19F3N2O3S/c1-13-3-5-14(6-4-13)11-23(2)27(25,26)16-9-7-15(8-10-16)17(24)22-12-18(19,20)21/h3-10H,11-12H2,1-2H3,(H,22,24). The second-order valence-corrected chi connectivity index (χ2v) is 8.11. The molecule has 0 bridgehead atoms. The number of aryl methyl sites for hydroxylation is 1. The van der Waals surface area contributed by atoms with Gasteiger partial charge in [0.05, 0.1) is 4.90 Å². The van der Waals surface area contributed by atoms with Crippen LogP contribution in [0.1, 0.15) is 21.5 Å². The van der Waals surface area contributed by atoms with Gasteiger partial charge in [0.1, 0.15) is 6.54 Å². The number of benzene rings is 2. The van der Waals surface area contributed by atoms with Gasteiger partial charge in [-0.25, -0.2) is 8.42 Å². The molecule has 0 saturated heterocycles. The first-order chi connectivity index (χ1) is 12.5. The molecule has 0 unspecified atom stereocenters. The van der Waals surface area contributed by atoms with Gasteiger partial charge in [-0.05, 0) is 36.8 Å². The zero-order chi connectivity index (χ0) is 20.2. The molecule has 2 aromatic rings. The molecule has 0 aromatic heterocycles. The lowest BCUT2D eigenvalue weighted by molar-refractivity contribution is -0.123. The Morgan fingerprint density at radius 1 is 1.04 bits per heavy atom. The number of nitrogens with one attached hydrogen (secondary N) is 1. The van der Waals surface area contributed by atoms with Crippen molar-refractivity contribution in [3.63, 3.8) is 0 Å². The largest absolute Gasteiger partial charge is 0.405 e. The van der Waals surface area contributed by atoms with E-state index >= 15 is 0 Å². The minimum absolute atomic E-state index is 0.0514. The van der Waals surface area contributed by atoms with Gasteiger partial charge in [0, 0.05) is 19.2 Å². The van der Waals surface area contributed by atoms with E-state index in [0.717, 1.165) is 15.4 Å². The molecule has 0 heterocycles. The summed E-state index contributed by atoms with van der Waals surface area (Å²) in [4.78, 5) is 11.6. The van der Waals surface area contributed by atoms with Gasteiger partial charge in [0.25, 0.3) is 5.91 Å². The molecule has 2 rings (SSSR count). The Hall–Kier alpha value is -2.39. The Bertz CT molecular complexity index is 893. The Morgan fingerprint density at radius 3 is 2.11 bits per heavy atom. The van der Waals surface area contributed by atoms with Gasteiger partial charge in [-0.2, -0.15) is 17.5 Å². The molecule has 0 atom stereocenters. The predicted octanol–water partition coefficient (Wildman–Crippen LogP) is 3.11. The van der Waals surface area contributed by atoms with Crippen LogP contribution in [0.5, 0.6) is 0 Å². The van der Waals surface area contributed by atoms with E-state index in [2.05, 4.69) is 0 Å². The van der Waals surface area contributed by atoms with Crippen molar-refractivity contribution < 1.29 is 26.4 Å². The van der Waals surface area contributed by atoms with Gasteiger partial charge in [-0.1, -0.05) is 29.8 Å². The molecule has 0 spiro atoms. The van der Waals surface area contributed by atoms with Crippen molar-refractivity contribution in [2.45, 2.75) is 24.5 Å². The molecular formula is C18H19F3N2O3S. The Morgan fingerprint density at radius 2 is 1.59 bits per heavy atom. The van der Waals surface area contributed by atoms with E-state index in [1.54, 1.807) is 5.32 Å². The fourth-order valence-electron chi connectivity index (χ4n) is 2.28. The highest BCUT2D eigenvalue weighted by Crippen LogP contribution is 2.18. The molecule has 9 heteroatoms. The third kappa shape index (κ3) is 5.80. The van der Waals surface area contributed by atoms with Crippen LogP contribution in [0.25, 0.3) is 0 Å². The molecule has 1 N–H and O–H groups in total. The molecule has 0 fully saturated rings. The monoisotopic (exact) mass is 400 g/mol. The molecule has 0 radical (unpaired) electrons. The number of hydrogen-bond acceptors (Lipinski definition) is 3. The van der Waals surface area contributed by atoms with E-state index in [1.165, 1.54) is 31.3 Å². The SMILES string of the molecule is Cc1ccc(CN(C)S(=O)(=O)c2ccc(C(=O)NCC(F)(F)F)cc2)cc1. The quantitative estimate of drug-likeness (QED) is 0.810. The van der Waals surface area contributed by atoms with Crippen LogP contribution in [0.2, 0.25) is 0 Å². The number of halogens is 3. The lowest BCUT2D eigenvalue weighted by Crippen LogP contribution is -2.33. The van der Waals surface area contributed by atoms with Crippen LogP contribution < -0.4 is 5.32 Å². The number of amides is 1. The highest BCUT2D eigenvalue weighted by molar-refractivity contribution is 7.89. The number of rotatable bonds is 6. The summed E-state index contributed by atoms with van der Waals surface area (Å²) < 4.78 is 62.8. The molecule has 2 aromatic carbocycles. The Kier molecular flexibility index (Phi) is 6.27. The van der Waals surface area contributed by atoms with Crippen molar-refractivity contribution in [2.24, 2.45) is 0 Å². The van der Waals surface area contributed by atoms with Crippen molar-refractivity contribution in [3.8, 4) is 0 Å². The molecule has 146 valence electrons. The van der Waals surface area contributed by atoms with Crippen molar-refractivity contribution in [1.29, 1.82) is 0 Å². The van der Waals surface area contributed by atoms with Crippen molar-refractivity contribution >= 4 is 15.9 Å². The first kappa shape index (κ1) is 20.9. The van der Waals surface area contributed by atoms with Crippen molar-refractivity contribution in [1.82, 2.24) is 9.62 Å². The highest BCUT2D eigenvalue weighted by atomic mass is 32.2. The number of carbonyl (C=O) groups is 1. The number of carbonyl (C=O) groups excluding carboxylic acids is 1. The summed E-state index contributed by atoms with van der Waals surface area (Å²) in [6.07, 6.45) is -4.52. The number of hydrogen-bond donors (Lipinski definition) is 1. The molecule has 27 heavy (non-hydrogen) atoms. The fraction of sp³-hybridized carbons (Fsp3) is 0.278. The van der Waals surface area contributed by atoms with Crippen molar-refractivity contribution in [2.75, 3.05) is 13.6 Å². The van der Waals surface area contributed by atoms with Gasteiger partial charge in [0.15, 0.2) is 0 Å². The molecule has 0 aliphatic rings. The lowest BCUT2D eigenvalue weighted by atomic mass is 10.1. The van der Waals surface area contributed by atoms with Gasteiger partial charge < -0.3 is 5.32 Å². The van der Waals surface area contributed by atoms with E-state index < -0.39 is 28.7 Å². The number of alkyl halides is 3. The molecular weight excluding hydrogens is 381 g/mol.